The van der Waals surface area contributed by atoms with E-state index in [1.807, 2.05) is 0 Å². The number of aliphatic carboxylic acids is 1. The molecule has 0 spiro atoms. The monoisotopic (exact) mass is 276 g/mol. The molecule has 7 N–H and O–H groups in total. The predicted octanol–water partition coefficient (Wildman–Crippen LogP) is -3.37. The standard InChI is InChI=1S/C6H13O10P/c7-1-3(8)4(9)6(12,5(10)11)2-16-17(13,14)15/h3-4,7-9,12H,1-2H2,(H,10,11)(H2,13,14,15)/t3-,4-,6-/m1/s1. The Kier molecular flexibility index (Phi) is 5.65. The van der Waals surface area contributed by atoms with Crippen molar-refractivity contribution in [3.05, 3.63) is 0 Å². The number of carboxylic acids is 1. The highest BCUT2D eigenvalue weighted by Crippen LogP contribution is 2.37. The van der Waals surface area contributed by atoms with E-state index in [1.54, 1.807) is 0 Å². The molecule has 0 amide bonds. The molecule has 0 unspecified atom stereocenters. The molecule has 0 aromatic carbocycles. The van der Waals surface area contributed by atoms with Gasteiger partial charge in [-0.25, -0.2) is 9.36 Å². The van der Waals surface area contributed by atoms with Gasteiger partial charge in [0.1, 0.15) is 18.8 Å². The summed E-state index contributed by atoms with van der Waals surface area (Å²) in [4.78, 5) is 27.3. The highest BCUT2D eigenvalue weighted by Gasteiger charge is 2.48. The van der Waals surface area contributed by atoms with E-state index < -0.39 is 44.8 Å². The normalized spacial score (nSPS) is 19.4. The van der Waals surface area contributed by atoms with Gasteiger partial charge in [-0.1, -0.05) is 0 Å². The van der Waals surface area contributed by atoms with Gasteiger partial charge in [0.15, 0.2) is 0 Å². The van der Waals surface area contributed by atoms with Crippen LogP contribution in [0.2, 0.25) is 0 Å². The topological polar surface area (TPSA) is 185 Å². The third-order valence-corrected chi connectivity index (χ3v) is 2.33. The molecule has 0 heterocycles. The summed E-state index contributed by atoms with van der Waals surface area (Å²) in [6, 6.07) is 0. The van der Waals surface area contributed by atoms with Crippen molar-refractivity contribution in [3.8, 4) is 0 Å². The molecule has 0 rings (SSSR count). The second-order valence-electron chi connectivity index (χ2n) is 3.19. The number of carboxylic acid groups (broad SMARTS) is 1. The first-order valence-electron chi connectivity index (χ1n) is 4.17. The smallest absolute Gasteiger partial charge is 0.469 e. The van der Waals surface area contributed by atoms with Crippen molar-refractivity contribution in [2.45, 2.75) is 17.8 Å². The van der Waals surface area contributed by atoms with Crippen molar-refractivity contribution in [2.24, 2.45) is 0 Å². The lowest BCUT2D eigenvalue weighted by Gasteiger charge is -2.30. The van der Waals surface area contributed by atoms with Gasteiger partial charge >= 0.3 is 13.8 Å². The summed E-state index contributed by atoms with van der Waals surface area (Å²) in [7, 11) is -5.06. The van der Waals surface area contributed by atoms with Crippen LogP contribution >= 0.6 is 7.82 Å². The molecule has 3 atom stereocenters. The Morgan fingerprint density at radius 2 is 1.82 bits per heavy atom. The highest BCUT2D eigenvalue weighted by molar-refractivity contribution is 7.46. The molecule has 0 aliphatic rings. The zero-order chi connectivity index (χ0) is 13.9. The zero-order valence-electron chi connectivity index (χ0n) is 8.37. The fraction of sp³-hybridized carbons (Fsp3) is 0.833. The van der Waals surface area contributed by atoms with Crippen molar-refractivity contribution in [2.75, 3.05) is 13.2 Å². The van der Waals surface area contributed by atoms with E-state index in [0.717, 1.165) is 0 Å². The molecular weight excluding hydrogens is 263 g/mol. The number of aliphatic hydroxyl groups is 4. The molecule has 10 nitrogen and oxygen atoms in total. The maximum absolute atomic E-state index is 10.7. The molecule has 102 valence electrons. The number of carbonyl (C=O) groups is 1. The quantitative estimate of drug-likeness (QED) is 0.231. The van der Waals surface area contributed by atoms with E-state index in [4.69, 9.17) is 25.1 Å². The Morgan fingerprint density at radius 1 is 1.35 bits per heavy atom. The second-order valence-corrected chi connectivity index (χ2v) is 4.43. The second kappa shape index (κ2) is 5.85. The van der Waals surface area contributed by atoms with Crippen molar-refractivity contribution < 1.29 is 49.2 Å². The first kappa shape index (κ1) is 16.4. The Labute approximate surface area is 94.9 Å². The van der Waals surface area contributed by atoms with Crippen LogP contribution in [0.25, 0.3) is 0 Å². The number of hydrogen-bond donors (Lipinski definition) is 7. The molecule has 11 heteroatoms. The fourth-order valence-corrected chi connectivity index (χ4v) is 1.24. The average molecular weight is 276 g/mol. The molecule has 0 saturated carbocycles. The summed E-state index contributed by atoms with van der Waals surface area (Å²) >= 11 is 0. The molecule has 0 aromatic heterocycles. The lowest BCUT2D eigenvalue weighted by atomic mass is 9.94. The van der Waals surface area contributed by atoms with Crippen LogP contribution in [0.3, 0.4) is 0 Å². The zero-order valence-corrected chi connectivity index (χ0v) is 9.27. The van der Waals surface area contributed by atoms with Crippen LogP contribution in [0.4, 0.5) is 0 Å². The van der Waals surface area contributed by atoms with Crippen LogP contribution in [0.5, 0.6) is 0 Å². The van der Waals surface area contributed by atoms with E-state index in [-0.39, 0.29) is 0 Å². The van der Waals surface area contributed by atoms with Gasteiger partial charge in [-0.2, -0.15) is 0 Å². The highest BCUT2D eigenvalue weighted by atomic mass is 31.2. The van der Waals surface area contributed by atoms with Crippen molar-refractivity contribution in [3.63, 3.8) is 0 Å². The third kappa shape index (κ3) is 4.66. The maximum atomic E-state index is 10.7. The molecular formula is C6H13O10P. The lowest BCUT2D eigenvalue weighted by molar-refractivity contribution is -0.190. The van der Waals surface area contributed by atoms with Crippen LogP contribution in [-0.2, 0) is 13.9 Å². The van der Waals surface area contributed by atoms with Crippen molar-refractivity contribution in [1.82, 2.24) is 0 Å². The van der Waals surface area contributed by atoms with E-state index in [2.05, 4.69) is 4.52 Å². The summed E-state index contributed by atoms with van der Waals surface area (Å²) in [5.41, 5.74) is -3.16. The minimum Gasteiger partial charge on any atom is -0.479 e. The van der Waals surface area contributed by atoms with Gasteiger partial charge in [0.2, 0.25) is 5.60 Å². The molecule has 0 aromatic rings. The Balaban J connectivity index is 4.92. The van der Waals surface area contributed by atoms with E-state index in [0.29, 0.717) is 0 Å². The van der Waals surface area contributed by atoms with Crippen molar-refractivity contribution >= 4 is 13.8 Å². The lowest BCUT2D eigenvalue weighted by Crippen LogP contribution is -2.58. The SMILES string of the molecule is O=C(O)[C@@](O)(COP(=O)(O)O)[C@H](O)[C@H](O)CO. The molecule has 0 fully saturated rings. The van der Waals surface area contributed by atoms with Crippen LogP contribution in [0.15, 0.2) is 0 Å². The molecule has 17 heavy (non-hydrogen) atoms. The molecule has 0 aliphatic carbocycles. The summed E-state index contributed by atoms with van der Waals surface area (Å²) in [5.74, 6) is -2.08. The first-order chi connectivity index (χ1) is 7.54. The van der Waals surface area contributed by atoms with Gasteiger partial charge in [0, 0.05) is 0 Å². The minimum atomic E-state index is -5.06. The van der Waals surface area contributed by atoms with E-state index in [1.165, 1.54) is 0 Å². The molecule has 0 saturated heterocycles. The average Bonchev–Trinajstić information content (AvgIpc) is 2.22. The Morgan fingerprint density at radius 3 is 2.12 bits per heavy atom. The van der Waals surface area contributed by atoms with Crippen LogP contribution in [0, 0.1) is 0 Å². The number of rotatable bonds is 7. The van der Waals surface area contributed by atoms with E-state index >= 15 is 0 Å². The molecule has 0 radical (unpaired) electrons. The maximum Gasteiger partial charge on any atom is 0.469 e. The van der Waals surface area contributed by atoms with Gasteiger partial charge in [0.05, 0.1) is 6.61 Å². The molecule has 0 aliphatic heterocycles. The van der Waals surface area contributed by atoms with Gasteiger partial charge in [-0.05, 0) is 0 Å². The summed E-state index contributed by atoms with van der Waals surface area (Å²) < 4.78 is 14.1. The van der Waals surface area contributed by atoms with Crippen LogP contribution < -0.4 is 0 Å². The fourth-order valence-electron chi connectivity index (χ4n) is 0.874. The Hall–Kier alpha value is -0.580. The van der Waals surface area contributed by atoms with Gasteiger partial charge in [-0.15, -0.1) is 0 Å². The number of phosphoric acid groups is 1. The largest absolute Gasteiger partial charge is 0.479 e. The third-order valence-electron chi connectivity index (χ3n) is 1.86. The van der Waals surface area contributed by atoms with Crippen LogP contribution in [-0.4, -0.2) is 72.3 Å². The summed E-state index contributed by atoms with van der Waals surface area (Å²) in [6.45, 7) is -2.53. The summed E-state index contributed by atoms with van der Waals surface area (Å²) in [6.07, 6.45) is -4.41. The number of phosphoric ester groups is 1. The van der Waals surface area contributed by atoms with E-state index in [9.17, 15) is 19.6 Å². The predicted molar refractivity (Wildman–Crippen MR) is 49.7 cm³/mol. The first-order valence-corrected chi connectivity index (χ1v) is 5.70. The van der Waals surface area contributed by atoms with Gasteiger partial charge < -0.3 is 35.3 Å². The summed E-state index contributed by atoms with van der Waals surface area (Å²) in [5, 5.41) is 44.7. The van der Waals surface area contributed by atoms with Crippen LogP contribution in [0.1, 0.15) is 0 Å². The minimum absolute atomic E-state index is 1.06. The number of hydrogen-bond acceptors (Lipinski definition) is 7. The number of aliphatic hydroxyl groups excluding tert-OH is 3. The van der Waals surface area contributed by atoms with Gasteiger partial charge in [-0.3, -0.25) is 4.52 Å². The molecule has 0 bridgehead atoms. The Bertz CT molecular complexity index is 312. The van der Waals surface area contributed by atoms with Gasteiger partial charge in [0.25, 0.3) is 0 Å². The van der Waals surface area contributed by atoms with Crippen molar-refractivity contribution in [1.29, 1.82) is 0 Å².